The van der Waals surface area contributed by atoms with Crippen LogP contribution >= 0.6 is 0 Å². The average Bonchev–Trinajstić information content (AvgIpc) is 2.66. The second-order valence-corrected chi connectivity index (χ2v) is 5.03. The Bertz CT molecular complexity index is 350. The first-order valence-corrected chi connectivity index (χ1v) is 6.66. The summed E-state index contributed by atoms with van der Waals surface area (Å²) >= 11 is 0. The lowest BCUT2D eigenvalue weighted by molar-refractivity contribution is 0.383. The van der Waals surface area contributed by atoms with Crippen molar-refractivity contribution in [3.05, 3.63) is 11.9 Å². The van der Waals surface area contributed by atoms with Crippen LogP contribution in [0.1, 0.15) is 25.5 Å². The van der Waals surface area contributed by atoms with Crippen LogP contribution in [0, 0.1) is 12.8 Å². The zero-order valence-electron chi connectivity index (χ0n) is 11.2. The van der Waals surface area contributed by atoms with Crippen molar-refractivity contribution in [2.75, 3.05) is 31.1 Å². The Balaban J connectivity index is 1.88. The lowest BCUT2D eigenvalue weighted by atomic mass is 9.97. The standard InChI is InChI=1S/C13H24N4/c1-4-14-9-12-5-7-17(8-6-12)13-15-11(2)10-16(13)3/h10,12,14H,4-9H2,1-3H3. The molecular formula is C13H24N4. The predicted octanol–water partition coefficient (Wildman–Crippen LogP) is 1.55. The molecule has 1 aliphatic heterocycles. The minimum absolute atomic E-state index is 0.840. The van der Waals surface area contributed by atoms with Crippen molar-refractivity contribution in [3.8, 4) is 0 Å². The normalized spacial score (nSPS) is 17.7. The highest BCUT2D eigenvalue weighted by Crippen LogP contribution is 2.21. The third-order valence-corrected chi connectivity index (χ3v) is 3.55. The molecule has 1 aromatic rings. The first kappa shape index (κ1) is 12.4. The van der Waals surface area contributed by atoms with Gasteiger partial charge in [-0.05, 0) is 38.8 Å². The van der Waals surface area contributed by atoms with Gasteiger partial charge in [0, 0.05) is 26.3 Å². The maximum Gasteiger partial charge on any atom is 0.205 e. The summed E-state index contributed by atoms with van der Waals surface area (Å²) in [5.41, 5.74) is 1.11. The summed E-state index contributed by atoms with van der Waals surface area (Å²) in [5.74, 6) is 1.97. The monoisotopic (exact) mass is 236 g/mol. The number of nitrogens with one attached hydrogen (secondary N) is 1. The van der Waals surface area contributed by atoms with Gasteiger partial charge in [-0.2, -0.15) is 0 Å². The molecule has 1 saturated heterocycles. The number of anilines is 1. The molecule has 0 atom stereocenters. The highest BCUT2D eigenvalue weighted by atomic mass is 15.3. The molecule has 0 radical (unpaired) electrons. The van der Waals surface area contributed by atoms with E-state index in [4.69, 9.17) is 0 Å². The minimum atomic E-state index is 0.840. The van der Waals surface area contributed by atoms with Crippen LogP contribution in [0.3, 0.4) is 0 Å². The summed E-state index contributed by atoms with van der Waals surface area (Å²) in [6, 6.07) is 0. The molecule has 4 heteroatoms. The van der Waals surface area contributed by atoms with Gasteiger partial charge in [0.05, 0.1) is 5.69 Å². The summed E-state index contributed by atoms with van der Waals surface area (Å²) in [5, 5.41) is 3.45. The van der Waals surface area contributed by atoms with E-state index in [-0.39, 0.29) is 0 Å². The second kappa shape index (κ2) is 5.54. The molecule has 0 saturated carbocycles. The maximum absolute atomic E-state index is 4.59. The summed E-state index contributed by atoms with van der Waals surface area (Å²) in [7, 11) is 2.08. The predicted molar refractivity (Wildman–Crippen MR) is 71.4 cm³/mol. The Labute approximate surface area is 104 Å². The van der Waals surface area contributed by atoms with Crippen LogP contribution in [0.15, 0.2) is 6.20 Å². The quantitative estimate of drug-likeness (QED) is 0.861. The topological polar surface area (TPSA) is 33.1 Å². The van der Waals surface area contributed by atoms with Gasteiger partial charge in [0.2, 0.25) is 5.95 Å². The van der Waals surface area contributed by atoms with Gasteiger partial charge in [0.1, 0.15) is 0 Å². The van der Waals surface area contributed by atoms with Crippen LogP contribution in [-0.4, -0.2) is 35.7 Å². The fourth-order valence-corrected chi connectivity index (χ4v) is 2.58. The highest BCUT2D eigenvalue weighted by Gasteiger charge is 2.21. The van der Waals surface area contributed by atoms with E-state index in [0.29, 0.717) is 0 Å². The van der Waals surface area contributed by atoms with Gasteiger partial charge in [-0.1, -0.05) is 6.92 Å². The summed E-state index contributed by atoms with van der Waals surface area (Å²) < 4.78 is 2.14. The van der Waals surface area contributed by atoms with Gasteiger partial charge in [-0.3, -0.25) is 0 Å². The van der Waals surface area contributed by atoms with E-state index in [1.807, 2.05) is 0 Å². The first-order valence-electron chi connectivity index (χ1n) is 6.66. The summed E-state index contributed by atoms with van der Waals surface area (Å²) in [4.78, 5) is 7.01. The van der Waals surface area contributed by atoms with Crippen LogP contribution in [0.2, 0.25) is 0 Å². The molecule has 0 bridgehead atoms. The van der Waals surface area contributed by atoms with Crippen LogP contribution in [0.25, 0.3) is 0 Å². The third kappa shape index (κ3) is 3.00. The van der Waals surface area contributed by atoms with E-state index in [1.54, 1.807) is 0 Å². The van der Waals surface area contributed by atoms with Crippen molar-refractivity contribution in [2.24, 2.45) is 13.0 Å². The molecule has 96 valence electrons. The molecule has 0 spiro atoms. The number of hydrogen-bond acceptors (Lipinski definition) is 3. The van der Waals surface area contributed by atoms with Crippen molar-refractivity contribution >= 4 is 5.95 Å². The number of nitrogens with zero attached hydrogens (tertiary/aromatic N) is 3. The van der Waals surface area contributed by atoms with Gasteiger partial charge in [0.15, 0.2) is 0 Å². The Morgan fingerprint density at radius 2 is 2.12 bits per heavy atom. The van der Waals surface area contributed by atoms with Crippen molar-refractivity contribution in [1.29, 1.82) is 0 Å². The fraction of sp³-hybridized carbons (Fsp3) is 0.769. The van der Waals surface area contributed by atoms with Crippen LogP contribution in [0.4, 0.5) is 5.95 Å². The molecule has 1 fully saturated rings. The Morgan fingerprint density at radius 3 is 2.65 bits per heavy atom. The average molecular weight is 236 g/mol. The molecule has 4 nitrogen and oxygen atoms in total. The molecule has 0 aliphatic carbocycles. The van der Waals surface area contributed by atoms with Crippen molar-refractivity contribution < 1.29 is 0 Å². The Kier molecular flexibility index (Phi) is 4.05. The van der Waals surface area contributed by atoms with Gasteiger partial charge >= 0.3 is 0 Å². The lowest BCUT2D eigenvalue weighted by Gasteiger charge is -2.32. The zero-order chi connectivity index (χ0) is 12.3. The van der Waals surface area contributed by atoms with E-state index in [0.717, 1.165) is 37.2 Å². The van der Waals surface area contributed by atoms with Crippen molar-refractivity contribution in [1.82, 2.24) is 14.9 Å². The smallest absolute Gasteiger partial charge is 0.205 e. The minimum Gasteiger partial charge on any atom is -0.342 e. The number of hydrogen-bond donors (Lipinski definition) is 1. The van der Waals surface area contributed by atoms with E-state index in [2.05, 4.69) is 46.9 Å². The molecule has 1 aliphatic rings. The van der Waals surface area contributed by atoms with Crippen molar-refractivity contribution in [2.45, 2.75) is 26.7 Å². The molecule has 0 amide bonds. The molecule has 1 N–H and O–H groups in total. The van der Waals surface area contributed by atoms with E-state index in [9.17, 15) is 0 Å². The molecular weight excluding hydrogens is 212 g/mol. The fourth-order valence-electron chi connectivity index (χ4n) is 2.58. The van der Waals surface area contributed by atoms with E-state index >= 15 is 0 Å². The molecule has 2 heterocycles. The third-order valence-electron chi connectivity index (χ3n) is 3.55. The molecule has 17 heavy (non-hydrogen) atoms. The molecule has 1 aromatic heterocycles. The van der Waals surface area contributed by atoms with Crippen LogP contribution < -0.4 is 10.2 Å². The van der Waals surface area contributed by atoms with Gasteiger partial charge in [-0.25, -0.2) is 4.98 Å². The number of aryl methyl sites for hydroxylation is 2. The van der Waals surface area contributed by atoms with Crippen molar-refractivity contribution in [3.63, 3.8) is 0 Å². The maximum atomic E-state index is 4.59. The van der Waals surface area contributed by atoms with E-state index < -0.39 is 0 Å². The SMILES string of the molecule is CCNCC1CCN(c2nc(C)cn2C)CC1. The highest BCUT2D eigenvalue weighted by molar-refractivity contribution is 5.33. The molecule has 0 aromatic carbocycles. The number of piperidine rings is 1. The molecule has 2 rings (SSSR count). The number of imidazole rings is 1. The van der Waals surface area contributed by atoms with Gasteiger partial charge < -0.3 is 14.8 Å². The van der Waals surface area contributed by atoms with Crippen LogP contribution in [-0.2, 0) is 7.05 Å². The number of rotatable bonds is 4. The Morgan fingerprint density at radius 1 is 1.41 bits per heavy atom. The largest absolute Gasteiger partial charge is 0.342 e. The Hall–Kier alpha value is -1.03. The van der Waals surface area contributed by atoms with E-state index in [1.165, 1.54) is 19.4 Å². The number of aromatic nitrogens is 2. The lowest BCUT2D eigenvalue weighted by Crippen LogP contribution is -2.38. The summed E-state index contributed by atoms with van der Waals surface area (Å²) in [6.07, 6.45) is 4.65. The van der Waals surface area contributed by atoms with Crippen LogP contribution in [0.5, 0.6) is 0 Å². The first-order chi connectivity index (χ1) is 8.20. The van der Waals surface area contributed by atoms with Gasteiger partial charge in [0.25, 0.3) is 0 Å². The summed E-state index contributed by atoms with van der Waals surface area (Å²) in [6.45, 7) is 8.76. The second-order valence-electron chi connectivity index (χ2n) is 5.03. The molecule has 0 unspecified atom stereocenters. The van der Waals surface area contributed by atoms with Gasteiger partial charge in [-0.15, -0.1) is 0 Å². The zero-order valence-corrected chi connectivity index (χ0v) is 11.2.